The van der Waals surface area contributed by atoms with Gasteiger partial charge in [0.15, 0.2) is 5.82 Å². The summed E-state index contributed by atoms with van der Waals surface area (Å²) < 4.78 is 41.8. The largest absolute Gasteiger partial charge is 0.363 e. The van der Waals surface area contributed by atoms with Gasteiger partial charge in [0.05, 0.1) is 21.1 Å². The Labute approximate surface area is 144 Å². The van der Waals surface area contributed by atoms with E-state index in [1.807, 2.05) is 11.9 Å². The van der Waals surface area contributed by atoms with Crippen LogP contribution in [-0.4, -0.2) is 52.4 Å². The molecular weight excluding hydrogens is 393 g/mol. The van der Waals surface area contributed by atoms with Crippen LogP contribution in [-0.2, 0) is 0 Å². The van der Waals surface area contributed by atoms with Crippen LogP contribution >= 0.6 is 27.7 Å². The highest BCUT2D eigenvalue weighted by Crippen LogP contribution is 2.36. The molecule has 1 saturated heterocycles. The summed E-state index contributed by atoms with van der Waals surface area (Å²) in [7, 11) is 1.89. The van der Waals surface area contributed by atoms with Crippen molar-refractivity contribution in [1.29, 1.82) is 0 Å². The zero-order valence-electron chi connectivity index (χ0n) is 12.3. The van der Waals surface area contributed by atoms with Gasteiger partial charge in [-0.05, 0) is 47.2 Å². The number of hydrogen-bond acceptors (Lipinski definition) is 4. The first-order valence-corrected chi connectivity index (χ1v) is 8.82. The molecule has 2 atom stereocenters. The van der Waals surface area contributed by atoms with Gasteiger partial charge in [0.2, 0.25) is 0 Å². The van der Waals surface area contributed by atoms with Crippen LogP contribution in [0.4, 0.5) is 19.0 Å². The summed E-state index contributed by atoms with van der Waals surface area (Å²) in [6.45, 7) is 1.18. The number of anilines is 1. The van der Waals surface area contributed by atoms with E-state index in [4.69, 9.17) is 0 Å². The number of halogens is 4. The molecule has 23 heavy (non-hydrogen) atoms. The SMILES string of the molecule is CN1CC[C@@H](Nc2nccn3c(SC(F)F)c(Br)cc23)[C@@H](F)C1. The minimum Gasteiger partial charge on any atom is -0.363 e. The Morgan fingerprint density at radius 2 is 2.26 bits per heavy atom. The van der Waals surface area contributed by atoms with Crippen molar-refractivity contribution in [2.45, 2.75) is 29.4 Å². The Balaban J connectivity index is 1.90. The number of likely N-dealkylation sites (tertiary alicyclic amines) is 1. The fraction of sp³-hybridized carbons (Fsp3) is 0.500. The molecule has 9 heteroatoms. The molecule has 0 radical (unpaired) electrons. The van der Waals surface area contributed by atoms with Gasteiger partial charge in [-0.1, -0.05) is 0 Å². The Hall–Kier alpha value is -0.930. The lowest BCUT2D eigenvalue weighted by Crippen LogP contribution is -2.46. The molecule has 0 saturated carbocycles. The third-order valence-electron chi connectivity index (χ3n) is 3.88. The first-order chi connectivity index (χ1) is 11.0. The molecule has 3 rings (SSSR count). The second kappa shape index (κ2) is 6.90. The summed E-state index contributed by atoms with van der Waals surface area (Å²) in [6, 6.07) is 1.40. The molecule has 0 amide bonds. The summed E-state index contributed by atoms with van der Waals surface area (Å²) in [5.41, 5.74) is 0.647. The number of hydrogen-bond donors (Lipinski definition) is 1. The highest BCUT2D eigenvalue weighted by atomic mass is 79.9. The molecule has 1 fully saturated rings. The molecule has 1 aliphatic heterocycles. The minimum atomic E-state index is -2.52. The van der Waals surface area contributed by atoms with E-state index < -0.39 is 11.9 Å². The van der Waals surface area contributed by atoms with Crippen molar-refractivity contribution < 1.29 is 13.2 Å². The second-order valence-electron chi connectivity index (χ2n) is 5.52. The van der Waals surface area contributed by atoms with Crippen LogP contribution in [0.25, 0.3) is 5.52 Å². The third kappa shape index (κ3) is 3.61. The van der Waals surface area contributed by atoms with E-state index in [0.29, 0.717) is 45.6 Å². The number of thioether (sulfide) groups is 1. The van der Waals surface area contributed by atoms with Crippen molar-refractivity contribution in [1.82, 2.24) is 14.3 Å². The number of fused-ring (bicyclic) bond motifs is 1. The predicted octanol–water partition coefficient (Wildman–Crippen LogP) is 3.87. The molecule has 0 aliphatic carbocycles. The standard InChI is InChI=1S/C14H16BrF3N4S/c1-21-4-2-10(9(16)7-21)20-12-11-6-8(15)13(23-14(17)18)22(11)5-3-19-12/h3,5-6,9-10,14H,2,4,7H2,1H3,(H,19,20)/t9-,10+/m0/s1. The Morgan fingerprint density at radius 3 is 2.96 bits per heavy atom. The summed E-state index contributed by atoms with van der Waals surface area (Å²) in [5, 5.41) is 3.54. The smallest absolute Gasteiger partial charge is 0.290 e. The van der Waals surface area contributed by atoms with Gasteiger partial charge in [0, 0.05) is 25.5 Å². The molecule has 1 aliphatic rings. The van der Waals surface area contributed by atoms with Crippen molar-refractivity contribution in [2.24, 2.45) is 0 Å². The van der Waals surface area contributed by atoms with E-state index in [2.05, 4.69) is 26.2 Å². The molecule has 0 bridgehead atoms. The summed E-state index contributed by atoms with van der Waals surface area (Å²) in [6.07, 6.45) is 2.82. The quantitative estimate of drug-likeness (QED) is 0.778. The fourth-order valence-corrected chi connectivity index (χ4v) is 4.05. The maximum atomic E-state index is 14.2. The van der Waals surface area contributed by atoms with E-state index in [-0.39, 0.29) is 6.04 Å². The molecule has 3 heterocycles. The van der Waals surface area contributed by atoms with Crippen LogP contribution in [0.1, 0.15) is 6.42 Å². The molecule has 126 valence electrons. The van der Waals surface area contributed by atoms with E-state index in [1.54, 1.807) is 16.7 Å². The number of alkyl halides is 3. The molecule has 0 aromatic carbocycles. The zero-order chi connectivity index (χ0) is 16.6. The van der Waals surface area contributed by atoms with Gasteiger partial charge in [-0.15, -0.1) is 0 Å². The van der Waals surface area contributed by atoms with Gasteiger partial charge in [-0.3, -0.25) is 0 Å². The van der Waals surface area contributed by atoms with E-state index >= 15 is 0 Å². The summed E-state index contributed by atoms with van der Waals surface area (Å²) in [5.74, 6) is -2.01. The summed E-state index contributed by atoms with van der Waals surface area (Å²) >= 11 is 3.77. The minimum absolute atomic E-state index is 0.329. The predicted molar refractivity (Wildman–Crippen MR) is 89.2 cm³/mol. The van der Waals surface area contributed by atoms with Crippen LogP contribution in [0.2, 0.25) is 0 Å². The lowest BCUT2D eigenvalue weighted by molar-refractivity contribution is 0.149. The van der Waals surface area contributed by atoms with E-state index in [9.17, 15) is 13.2 Å². The lowest BCUT2D eigenvalue weighted by atomic mass is 10.0. The van der Waals surface area contributed by atoms with Crippen molar-refractivity contribution in [3.63, 3.8) is 0 Å². The van der Waals surface area contributed by atoms with Gasteiger partial charge in [0.25, 0.3) is 5.76 Å². The number of piperidine rings is 1. The Kier molecular flexibility index (Phi) is 5.07. The van der Waals surface area contributed by atoms with Crippen molar-refractivity contribution in [2.75, 3.05) is 25.5 Å². The van der Waals surface area contributed by atoms with Crippen LogP contribution in [0.3, 0.4) is 0 Å². The Bertz CT molecular complexity index is 696. The van der Waals surface area contributed by atoms with Crippen LogP contribution in [0.15, 0.2) is 28.0 Å². The maximum absolute atomic E-state index is 14.2. The number of nitrogens with one attached hydrogen (secondary N) is 1. The van der Waals surface area contributed by atoms with Crippen molar-refractivity contribution >= 4 is 39.0 Å². The average Bonchev–Trinajstić information content (AvgIpc) is 2.79. The van der Waals surface area contributed by atoms with Gasteiger partial charge in [-0.2, -0.15) is 8.78 Å². The van der Waals surface area contributed by atoms with Crippen LogP contribution in [0.5, 0.6) is 0 Å². The van der Waals surface area contributed by atoms with Crippen LogP contribution < -0.4 is 5.32 Å². The van der Waals surface area contributed by atoms with Crippen molar-refractivity contribution in [3.05, 3.63) is 22.9 Å². The highest BCUT2D eigenvalue weighted by Gasteiger charge is 2.28. The number of nitrogens with zero attached hydrogens (tertiary/aromatic N) is 3. The van der Waals surface area contributed by atoms with Crippen molar-refractivity contribution in [3.8, 4) is 0 Å². The average molecular weight is 409 g/mol. The zero-order valence-corrected chi connectivity index (χ0v) is 14.7. The highest BCUT2D eigenvalue weighted by molar-refractivity contribution is 9.10. The molecule has 4 nitrogen and oxygen atoms in total. The number of aromatic nitrogens is 2. The molecule has 1 N–H and O–H groups in total. The lowest BCUT2D eigenvalue weighted by Gasteiger charge is -2.33. The monoisotopic (exact) mass is 408 g/mol. The normalized spacial score (nSPS) is 22.9. The number of rotatable bonds is 4. The first-order valence-electron chi connectivity index (χ1n) is 7.15. The maximum Gasteiger partial charge on any atom is 0.290 e. The third-order valence-corrected chi connectivity index (χ3v) is 5.56. The molecular formula is C14H16BrF3N4S. The van der Waals surface area contributed by atoms with Gasteiger partial charge in [0.1, 0.15) is 6.17 Å². The van der Waals surface area contributed by atoms with E-state index in [0.717, 1.165) is 6.54 Å². The Morgan fingerprint density at radius 1 is 1.48 bits per heavy atom. The molecule has 0 unspecified atom stereocenters. The molecule has 0 spiro atoms. The topological polar surface area (TPSA) is 32.6 Å². The van der Waals surface area contributed by atoms with Gasteiger partial charge < -0.3 is 14.6 Å². The summed E-state index contributed by atoms with van der Waals surface area (Å²) in [4.78, 5) is 6.20. The van der Waals surface area contributed by atoms with Gasteiger partial charge in [-0.25, -0.2) is 9.37 Å². The first kappa shape index (κ1) is 16.9. The second-order valence-corrected chi connectivity index (χ2v) is 7.36. The van der Waals surface area contributed by atoms with Crippen LogP contribution in [0, 0.1) is 0 Å². The van der Waals surface area contributed by atoms with E-state index in [1.165, 1.54) is 6.20 Å². The molecule has 2 aromatic rings. The fourth-order valence-electron chi connectivity index (χ4n) is 2.75. The van der Waals surface area contributed by atoms with Gasteiger partial charge >= 0.3 is 0 Å². The molecule has 2 aromatic heterocycles.